The summed E-state index contributed by atoms with van der Waals surface area (Å²) in [6.45, 7) is 4.28. The van der Waals surface area contributed by atoms with E-state index in [2.05, 4.69) is 41.9 Å². The van der Waals surface area contributed by atoms with Crippen LogP contribution in [0.4, 0.5) is 0 Å². The lowest BCUT2D eigenvalue weighted by Gasteiger charge is -2.39. The van der Waals surface area contributed by atoms with Crippen LogP contribution in [0.2, 0.25) is 0 Å². The van der Waals surface area contributed by atoms with Crippen molar-refractivity contribution in [3.05, 3.63) is 33.3 Å². The Bertz CT molecular complexity index is 344. The summed E-state index contributed by atoms with van der Waals surface area (Å²) in [6.07, 6.45) is 3.52. The number of hydrogen-bond donors (Lipinski definition) is 1. The molecular formula is C12H16BrN. The van der Waals surface area contributed by atoms with Crippen molar-refractivity contribution in [1.82, 2.24) is 0 Å². The second-order valence-corrected chi connectivity index (χ2v) is 5.26. The molecule has 0 aromatic heterocycles. The predicted molar refractivity (Wildman–Crippen MR) is 63.3 cm³/mol. The first-order valence-corrected chi connectivity index (χ1v) is 5.88. The number of halogens is 1. The molecule has 1 aromatic rings. The van der Waals surface area contributed by atoms with Crippen molar-refractivity contribution >= 4 is 15.9 Å². The highest BCUT2D eigenvalue weighted by atomic mass is 79.9. The second kappa shape index (κ2) is 3.35. The molecule has 1 aliphatic rings. The highest BCUT2D eigenvalue weighted by Gasteiger charge is 2.34. The van der Waals surface area contributed by atoms with Crippen LogP contribution in [0.15, 0.2) is 16.6 Å². The fourth-order valence-electron chi connectivity index (χ4n) is 1.95. The molecule has 1 saturated carbocycles. The van der Waals surface area contributed by atoms with Crippen LogP contribution in [0.25, 0.3) is 0 Å². The quantitative estimate of drug-likeness (QED) is 0.816. The van der Waals surface area contributed by atoms with Crippen molar-refractivity contribution in [3.63, 3.8) is 0 Å². The van der Waals surface area contributed by atoms with Gasteiger partial charge in [0.05, 0.1) is 0 Å². The Morgan fingerprint density at radius 3 is 2.36 bits per heavy atom. The molecule has 0 saturated heterocycles. The van der Waals surface area contributed by atoms with E-state index in [0.29, 0.717) is 0 Å². The maximum atomic E-state index is 6.29. The van der Waals surface area contributed by atoms with Gasteiger partial charge in [-0.3, -0.25) is 0 Å². The van der Waals surface area contributed by atoms with Crippen LogP contribution in [0.1, 0.15) is 36.0 Å². The van der Waals surface area contributed by atoms with Gasteiger partial charge in [-0.2, -0.15) is 0 Å². The molecule has 0 aliphatic heterocycles. The molecule has 0 heterocycles. The van der Waals surface area contributed by atoms with Crippen molar-refractivity contribution in [2.45, 2.75) is 38.6 Å². The van der Waals surface area contributed by atoms with Gasteiger partial charge >= 0.3 is 0 Å². The summed E-state index contributed by atoms with van der Waals surface area (Å²) in [7, 11) is 0. The number of benzene rings is 1. The standard InChI is InChI=1S/C12H16BrN/c1-8-6-10(7-11(13)9(8)2)12(14)4-3-5-12/h6-7H,3-5,14H2,1-2H3. The molecule has 0 spiro atoms. The summed E-state index contributed by atoms with van der Waals surface area (Å²) in [5.41, 5.74) is 10.2. The fourth-order valence-corrected chi connectivity index (χ4v) is 2.51. The molecular weight excluding hydrogens is 238 g/mol. The van der Waals surface area contributed by atoms with Crippen LogP contribution in [0, 0.1) is 13.8 Å². The molecule has 2 heteroatoms. The molecule has 0 unspecified atom stereocenters. The van der Waals surface area contributed by atoms with Gasteiger partial charge in [-0.15, -0.1) is 0 Å². The van der Waals surface area contributed by atoms with Crippen molar-refractivity contribution in [1.29, 1.82) is 0 Å². The maximum Gasteiger partial charge on any atom is 0.0410 e. The summed E-state index contributed by atoms with van der Waals surface area (Å²) < 4.78 is 1.18. The third kappa shape index (κ3) is 1.51. The topological polar surface area (TPSA) is 26.0 Å². The molecule has 1 fully saturated rings. The first-order valence-electron chi connectivity index (χ1n) is 5.09. The van der Waals surface area contributed by atoms with Gasteiger partial charge in [-0.25, -0.2) is 0 Å². The summed E-state index contributed by atoms with van der Waals surface area (Å²) >= 11 is 3.59. The largest absolute Gasteiger partial charge is 0.321 e. The first-order chi connectivity index (χ1) is 6.53. The number of nitrogens with two attached hydrogens (primary N) is 1. The Hall–Kier alpha value is -0.340. The fraction of sp³-hybridized carbons (Fsp3) is 0.500. The van der Waals surface area contributed by atoms with Crippen molar-refractivity contribution < 1.29 is 0 Å². The second-order valence-electron chi connectivity index (χ2n) is 4.41. The van der Waals surface area contributed by atoms with Gasteiger partial charge in [0.2, 0.25) is 0 Å². The van der Waals surface area contributed by atoms with E-state index in [9.17, 15) is 0 Å². The van der Waals surface area contributed by atoms with E-state index >= 15 is 0 Å². The highest BCUT2D eigenvalue weighted by Crippen LogP contribution is 2.40. The zero-order valence-electron chi connectivity index (χ0n) is 8.73. The van der Waals surface area contributed by atoms with E-state index in [-0.39, 0.29) is 5.54 Å². The summed E-state index contributed by atoms with van der Waals surface area (Å²) in [6, 6.07) is 4.42. The normalized spacial score (nSPS) is 19.1. The predicted octanol–water partition coefficient (Wildman–Crippen LogP) is 3.40. The lowest BCUT2D eigenvalue weighted by molar-refractivity contribution is 0.253. The average molecular weight is 254 g/mol. The molecule has 2 N–H and O–H groups in total. The SMILES string of the molecule is Cc1cc(C2(N)CCC2)cc(Br)c1C. The van der Waals surface area contributed by atoms with E-state index in [4.69, 9.17) is 5.73 Å². The van der Waals surface area contributed by atoms with Crippen LogP contribution in [-0.4, -0.2) is 0 Å². The van der Waals surface area contributed by atoms with Gasteiger partial charge in [0, 0.05) is 10.0 Å². The minimum Gasteiger partial charge on any atom is -0.321 e. The first kappa shape index (κ1) is 10.2. The van der Waals surface area contributed by atoms with Crippen molar-refractivity contribution in [3.8, 4) is 0 Å². The van der Waals surface area contributed by atoms with Crippen LogP contribution in [0.3, 0.4) is 0 Å². The average Bonchev–Trinajstić information content (AvgIpc) is 2.09. The van der Waals surface area contributed by atoms with E-state index < -0.39 is 0 Å². The molecule has 76 valence electrons. The zero-order valence-corrected chi connectivity index (χ0v) is 10.3. The summed E-state index contributed by atoms with van der Waals surface area (Å²) in [4.78, 5) is 0. The Morgan fingerprint density at radius 2 is 1.93 bits per heavy atom. The Balaban J connectivity index is 2.45. The molecule has 1 aromatic carbocycles. The van der Waals surface area contributed by atoms with Crippen LogP contribution in [0.5, 0.6) is 0 Å². The van der Waals surface area contributed by atoms with Crippen LogP contribution < -0.4 is 5.73 Å². The minimum atomic E-state index is -0.0407. The monoisotopic (exact) mass is 253 g/mol. The molecule has 14 heavy (non-hydrogen) atoms. The smallest absolute Gasteiger partial charge is 0.0410 e. The Morgan fingerprint density at radius 1 is 1.29 bits per heavy atom. The van der Waals surface area contributed by atoms with Gasteiger partial charge in [0.25, 0.3) is 0 Å². The third-order valence-corrected chi connectivity index (χ3v) is 4.25. The minimum absolute atomic E-state index is 0.0407. The lowest BCUT2D eigenvalue weighted by Crippen LogP contribution is -2.43. The summed E-state index contributed by atoms with van der Waals surface area (Å²) in [5.74, 6) is 0. The molecule has 0 amide bonds. The van der Waals surface area contributed by atoms with E-state index in [1.54, 1.807) is 0 Å². The van der Waals surface area contributed by atoms with Crippen molar-refractivity contribution in [2.75, 3.05) is 0 Å². The van der Waals surface area contributed by atoms with Gasteiger partial charge < -0.3 is 5.73 Å². The van der Waals surface area contributed by atoms with Crippen LogP contribution >= 0.6 is 15.9 Å². The molecule has 2 rings (SSSR count). The van der Waals surface area contributed by atoms with E-state index in [1.165, 1.54) is 27.6 Å². The lowest BCUT2D eigenvalue weighted by atomic mass is 9.72. The zero-order chi connectivity index (χ0) is 10.3. The van der Waals surface area contributed by atoms with Gasteiger partial charge in [-0.05, 0) is 55.9 Å². The molecule has 1 nitrogen and oxygen atoms in total. The number of aryl methyl sites for hydroxylation is 1. The van der Waals surface area contributed by atoms with E-state index in [0.717, 1.165) is 12.8 Å². The molecule has 0 atom stereocenters. The Kier molecular flexibility index (Phi) is 2.44. The number of rotatable bonds is 1. The van der Waals surface area contributed by atoms with Gasteiger partial charge in [0.15, 0.2) is 0 Å². The molecule has 1 aliphatic carbocycles. The summed E-state index contributed by atoms with van der Waals surface area (Å²) in [5, 5.41) is 0. The molecule has 0 bridgehead atoms. The highest BCUT2D eigenvalue weighted by molar-refractivity contribution is 9.10. The van der Waals surface area contributed by atoms with E-state index in [1.807, 2.05) is 0 Å². The van der Waals surface area contributed by atoms with Gasteiger partial charge in [-0.1, -0.05) is 22.0 Å². The Labute approximate surface area is 93.8 Å². The van der Waals surface area contributed by atoms with Crippen molar-refractivity contribution in [2.24, 2.45) is 5.73 Å². The van der Waals surface area contributed by atoms with Gasteiger partial charge in [0.1, 0.15) is 0 Å². The van der Waals surface area contributed by atoms with Crippen LogP contribution in [-0.2, 0) is 5.54 Å². The molecule has 0 radical (unpaired) electrons. The third-order valence-electron chi connectivity index (χ3n) is 3.42. The number of hydrogen-bond acceptors (Lipinski definition) is 1. The maximum absolute atomic E-state index is 6.29.